The summed E-state index contributed by atoms with van der Waals surface area (Å²) in [7, 11) is 2.23. The zero-order valence-corrected chi connectivity index (χ0v) is 18.6. The maximum absolute atomic E-state index is 12.5. The van der Waals surface area contributed by atoms with E-state index < -0.39 is 0 Å². The minimum absolute atomic E-state index is 0. The Morgan fingerprint density at radius 2 is 1.86 bits per heavy atom. The Hall–Kier alpha value is -0.850. The van der Waals surface area contributed by atoms with E-state index in [1.807, 2.05) is 6.92 Å². The van der Waals surface area contributed by atoms with E-state index in [4.69, 9.17) is 4.74 Å². The van der Waals surface area contributed by atoms with E-state index in [0.717, 1.165) is 13.1 Å². The summed E-state index contributed by atoms with van der Waals surface area (Å²) < 4.78 is 5.58. The van der Waals surface area contributed by atoms with Crippen LogP contribution in [-0.2, 0) is 22.6 Å². The van der Waals surface area contributed by atoms with Crippen LogP contribution in [0, 0.1) is 0 Å². The molecule has 1 heterocycles. The van der Waals surface area contributed by atoms with Crippen molar-refractivity contribution in [1.82, 2.24) is 15.5 Å². The Labute approximate surface area is 181 Å². The number of benzene rings is 1. The molecule has 5 nitrogen and oxygen atoms in total. The highest BCUT2D eigenvalue weighted by Gasteiger charge is 2.28. The molecule has 1 aliphatic carbocycles. The third kappa shape index (κ3) is 6.89. The van der Waals surface area contributed by atoms with Crippen LogP contribution in [0.4, 0.5) is 0 Å². The molecule has 2 atom stereocenters. The maximum atomic E-state index is 12.5. The summed E-state index contributed by atoms with van der Waals surface area (Å²) in [4.78, 5) is 15.0. The van der Waals surface area contributed by atoms with Crippen molar-refractivity contribution >= 4 is 30.7 Å². The lowest BCUT2D eigenvalue weighted by atomic mass is 9.94. The van der Waals surface area contributed by atoms with Gasteiger partial charge in [0.1, 0.15) is 6.04 Å². The van der Waals surface area contributed by atoms with Gasteiger partial charge < -0.3 is 15.4 Å². The van der Waals surface area contributed by atoms with Crippen molar-refractivity contribution < 1.29 is 9.53 Å². The number of nitrogens with one attached hydrogen (secondary N) is 2. The third-order valence-corrected chi connectivity index (χ3v) is 5.79. The van der Waals surface area contributed by atoms with Gasteiger partial charge >= 0.3 is 0 Å². The van der Waals surface area contributed by atoms with Gasteiger partial charge in [0.05, 0.1) is 12.7 Å². The third-order valence-electron chi connectivity index (χ3n) is 5.79. The van der Waals surface area contributed by atoms with Gasteiger partial charge in [0, 0.05) is 25.7 Å². The van der Waals surface area contributed by atoms with E-state index in [9.17, 15) is 4.79 Å². The largest absolute Gasteiger partial charge is 0.375 e. The fourth-order valence-electron chi connectivity index (χ4n) is 4.12. The Morgan fingerprint density at radius 3 is 2.54 bits per heavy atom. The summed E-state index contributed by atoms with van der Waals surface area (Å²) in [6.07, 6.45) is 6.60. The molecule has 1 saturated heterocycles. The van der Waals surface area contributed by atoms with Gasteiger partial charge in [-0.15, -0.1) is 24.8 Å². The summed E-state index contributed by atoms with van der Waals surface area (Å²) in [6, 6.07) is 8.88. The van der Waals surface area contributed by atoms with Crippen molar-refractivity contribution in [3.63, 3.8) is 0 Å². The van der Waals surface area contributed by atoms with Crippen LogP contribution in [0.3, 0.4) is 0 Å². The van der Waals surface area contributed by atoms with E-state index >= 15 is 0 Å². The topological polar surface area (TPSA) is 53.6 Å². The molecule has 1 aliphatic heterocycles. The molecule has 2 fully saturated rings. The van der Waals surface area contributed by atoms with Gasteiger partial charge in [-0.25, -0.2) is 0 Å². The predicted molar refractivity (Wildman–Crippen MR) is 118 cm³/mol. The number of nitrogens with zero attached hydrogens (tertiary/aromatic N) is 1. The van der Waals surface area contributed by atoms with E-state index in [-0.39, 0.29) is 42.9 Å². The fourth-order valence-corrected chi connectivity index (χ4v) is 4.12. The second kappa shape index (κ2) is 12.7. The summed E-state index contributed by atoms with van der Waals surface area (Å²) in [5, 5.41) is 6.34. The molecule has 1 amide bonds. The van der Waals surface area contributed by atoms with Crippen molar-refractivity contribution in [3.05, 3.63) is 35.4 Å². The molecule has 160 valence electrons. The van der Waals surface area contributed by atoms with Crippen LogP contribution < -0.4 is 10.6 Å². The van der Waals surface area contributed by atoms with E-state index in [1.54, 1.807) is 0 Å². The maximum Gasteiger partial charge on any atom is 0.240 e. The SMILES string of the molecule is C[C@H]1OCCN[C@@H]1C(=O)NCc1ccccc1CN(C)C1CCCCC1.Cl.Cl. The van der Waals surface area contributed by atoms with E-state index in [1.165, 1.54) is 43.2 Å². The van der Waals surface area contributed by atoms with Crippen molar-refractivity contribution in [2.45, 2.75) is 70.3 Å². The summed E-state index contributed by atoms with van der Waals surface area (Å²) >= 11 is 0. The number of hydrogen-bond donors (Lipinski definition) is 2. The van der Waals surface area contributed by atoms with Crippen molar-refractivity contribution in [3.8, 4) is 0 Å². The normalized spacial score (nSPS) is 22.8. The van der Waals surface area contributed by atoms with Crippen LogP contribution in [0.25, 0.3) is 0 Å². The molecule has 1 aromatic carbocycles. The lowest BCUT2D eigenvalue weighted by Gasteiger charge is -2.32. The zero-order valence-electron chi connectivity index (χ0n) is 17.0. The smallest absolute Gasteiger partial charge is 0.240 e. The molecule has 28 heavy (non-hydrogen) atoms. The number of halogens is 2. The van der Waals surface area contributed by atoms with Crippen LogP contribution in [0.2, 0.25) is 0 Å². The molecule has 1 saturated carbocycles. The molecular weight excluding hydrogens is 397 g/mol. The summed E-state index contributed by atoms with van der Waals surface area (Å²) in [6.45, 7) is 4.85. The Kier molecular flexibility index (Phi) is 11.4. The van der Waals surface area contributed by atoms with Crippen molar-refractivity contribution in [1.29, 1.82) is 0 Å². The monoisotopic (exact) mass is 431 g/mol. The molecule has 0 radical (unpaired) electrons. The van der Waals surface area contributed by atoms with Crippen LogP contribution in [-0.4, -0.2) is 49.2 Å². The van der Waals surface area contributed by atoms with Crippen molar-refractivity contribution in [2.75, 3.05) is 20.2 Å². The molecular formula is C21H35Cl2N3O2. The van der Waals surface area contributed by atoms with Crippen molar-refractivity contribution in [2.24, 2.45) is 0 Å². The number of carbonyl (C=O) groups is 1. The van der Waals surface area contributed by atoms with Gasteiger partial charge in [-0.05, 0) is 37.9 Å². The van der Waals surface area contributed by atoms with Gasteiger partial charge in [-0.2, -0.15) is 0 Å². The lowest BCUT2D eigenvalue weighted by molar-refractivity contribution is -0.129. The van der Waals surface area contributed by atoms with Crippen LogP contribution in [0.5, 0.6) is 0 Å². The number of rotatable bonds is 6. The first kappa shape index (κ1) is 25.2. The molecule has 7 heteroatoms. The van der Waals surface area contributed by atoms with Gasteiger partial charge in [0.15, 0.2) is 0 Å². The molecule has 2 N–H and O–H groups in total. The number of carbonyl (C=O) groups excluding carboxylic acids is 1. The molecule has 1 aromatic rings. The molecule has 0 spiro atoms. The Bertz CT molecular complexity index is 597. The number of hydrogen-bond acceptors (Lipinski definition) is 4. The van der Waals surface area contributed by atoms with E-state index in [0.29, 0.717) is 19.2 Å². The average Bonchev–Trinajstić information content (AvgIpc) is 2.68. The van der Waals surface area contributed by atoms with E-state index in [2.05, 4.69) is 46.8 Å². The summed E-state index contributed by atoms with van der Waals surface area (Å²) in [5.41, 5.74) is 2.51. The Balaban J connectivity index is 0.00000196. The number of amides is 1. The average molecular weight is 432 g/mol. The molecule has 3 rings (SSSR count). The first-order valence-corrected chi connectivity index (χ1v) is 10.0. The van der Waals surface area contributed by atoms with Gasteiger partial charge in [-0.1, -0.05) is 43.5 Å². The quantitative estimate of drug-likeness (QED) is 0.725. The highest BCUT2D eigenvalue weighted by atomic mass is 35.5. The number of ether oxygens (including phenoxy) is 1. The first-order chi connectivity index (χ1) is 12.6. The fraction of sp³-hybridized carbons (Fsp3) is 0.667. The summed E-state index contributed by atoms with van der Waals surface area (Å²) in [5.74, 6) is 0.0210. The number of morpholine rings is 1. The van der Waals surface area contributed by atoms with Crippen LogP contribution in [0.1, 0.15) is 50.2 Å². The minimum atomic E-state index is -0.263. The van der Waals surface area contributed by atoms with Gasteiger partial charge in [0.25, 0.3) is 0 Å². The Morgan fingerprint density at radius 1 is 1.18 bits per heavy atom. The highest BCUT2D eigenvalue weighted by Crippen LogP contribution is 2.23. The first-order valence-electron chi connectivity index (χ1n) is 10.0. The van der Waals surface area contributed by atoms with Crippen LogP contribution >= 0.6 is 24.8 Å². The van der Waals surface area contributed by atoms with Gasteiger partial charge in [-0.3, -0.25) is 9.69 Å². The van der Waals surface area contributed by atoms with Crippen LogP contribution in [0.15, 0.2) is 24.3 Å². The second-order valence-electron chi connectivity index (χ2n) is 7.70. The minimum Gasteiger partial charge on any atom is -0.375 e. The highest BCUT2D eigenvalue weighted by molar-refractivity contribution is 5.85. The molecule has 2 aliphatic rings. The molecule has 0 bridgehead atoms. The zero-order chi connectivity index (χ0) is 18.4. The predicted octanol–water partition coefficient (Wildman–Crippen LogP) is 3.29. The second-order valence-corrected chi connectivity index (χ2v) is 7.70. The molecule has 0 aromatic heterocycles. The standard InChI is InChI=1S/C21H33N3O2.2ClH/c1-16-20(22-12-13-26-16)21(25)23-14-17-8-6-7-9-18(17)15-24(2)19-10-4-3-5-11-19;;/h6-9,16,19-20,22H,3-5,10-15H2,1-2H3,(H,23,25);2*1H/t16-,20+;;/m1../s1. The van der Waals surface area contributed by atoms with Gasteiger partial charge in [0.2, 0.25) is 5.91 Å². The molecule has 0 unspecified atom stereocenters. The lowest BCUT2D eigenvalue weighted by Crippen LogP contribution is -2.55.